The number of rotatable bonds is 3. The highest BCUT2D eigenvalue weighted by Crippen LogP contribution is 2.42. The second-order valence-corrected chi connectivity index (χ2v) is 6.99. The van der Waals surface area contributed by atoms with Crippen LogP contribution in [0.5, 0.6) is 0 Å². The number of aromatic nitrogens is 4. The van der Waals surface area contributed by atoms with Crippen LogP contribution in [0.4, 0.5) is 0 Å². The second kappa shape index (κ2) is 5.76. The molecule has 3 aromatic rings. The third-order valence-corrected chi connectivity index (χ3v) is 5.21. The zero-order chi connectivity index (χ0) is 17.7. The molecule has 5 rings (SSSR count). The van der Waals surface area contributed by atoms with Crippen LogP contribution >= 0.6 is 0 Å². The minimum Gasteiger partial charge on any atom is -0.478 e. The molecule has 2 aliphatic carbocycles. The first-order valence-corrected chi connectivity index (χ1v) is 8.98. The van der Waals surface area contributed by atoms with Crippen molar-refractivity contribution in [3.8, 4) is 17.2 Å². The molecular formula is C20H18N4O2. The summed E-state index contributed by atoms with van der Waals surface area (Å²) in [6.07, 6.45) is 8.31. The maximum absolute atomic E-state index is 11.5. The molecule has 2 aromatic heterocycles. The summed E-state index contributed by atoms with van der Waals surface area (Å²) in [7, 11) is 0. The van der Waals surface area contributed by atoms with E-state index in [9.17, 15) is 9.90 Å². The molecule has 1 saturated carbocycles. The third kappa shape index (κ3) is 2.41. The largest absolute Gasteiger partial charge is 0.478 e. The molecule has 0 spiro atoms. The fourth-order valence-corrected chi connectivity index (χ4v) is 3.79. The normalized spacial score (nSPS) is 15.8. The van der Waals surface area contributed by atoms with Crippen LogP contribution < -0.4 is 0 Å². The number of aromatic carboxylic acids is 1. The van der Waals surface area contributed by atoms with Crippen LogP contribution in [0.15, 0.2) is 36.7 Å². The molecule has 6 heteroatoms. The molecule has 1 fully saturated rings. The predicted molar refractivity (Wildman–Crippen MR) is 95.5 cm³/mol. The van der Waals surface area contributed by atoms with Gasteiger partial charge in [0, 0.05) is 17.7 Å². The van der Waals surface area contributed by atoms with Gasteiger partial charge in [-0.2, -0.15) is 5.10 Å². The van der Waals surface area contributed by atoms with Crippen LogP contribution in [-0.2, 0) is 12.8 Å². The standard InChI is InChI=1S/C20H18N4O2/c25-19(26)16-11-22-24(18(16)13-8-9-13)20-21-10-14-6-3-5-12-4-1-2-7-15(12)17(14)23-20/h1-2,4,7,10-11,13H,3,5-6,8-9H2,(H,25,26). The Morgan fingerprint density at radius 1 is 1.12 bits per heavy atom. The second-order valence-electron chi connectivity index (χ2n) is 6.99. The summed E-state index contributed by atoms with van der Waals surface area (Å²) in [6, 6.07) is 8.34. The molecule has 0 atom stereocenters. The molecular weight excluding hydrogens is 328 g/mol. The van der Waals surface area contributed by atoms with Crippen molar-refractivity contribution in [1.82, 2.24) is 19.7 Å². The van der Waals surface area contributed by atoms with E-state index in [4.69, 9.17) is 4.98 Å². The van der Waals surface area contributed by atoms with Gasteiger partial charge >= 0.3 is 5.97 Å². The molecule has 0 unspecified atom stereocenters. The molecule has 2 heterocycles. The number of fused-ring (bicyclic) bond motifs is 3. The molecule has 0 amide bonds. The van der Waals surface area contributed by atoms with E-state index in [0.717, 1.165) is 54.6 Å². The molecule has 130 valence electrons. The predicted octanol–water partition coefficient (Wildman–Crippen LogP) is 3.39. The lowest BCUT2D eigenvalue weighted by atomic mass is 10.0. The van der Waals surface area contributed by atoms with E-state index in [-0.39, 0.29) is 11.5 Å². The maximum Gasteiger partial charge on any atom is 0.339 e. The minimum absolute atomic E-state index is 0.235. The molecule has 0 bridgehead atoms. The third-order valence-electron chi connectivity index (χ3n) is 5.21. The summed E-state index contributed by atoms with van der Waals surface area (Å²) in [5, 5.41) is 13.8. The molecule has 26 heavy (non-hydrogen) atoms. The van der Waals surface area contributed by atoms with Crippen molar-refractivity contribution in [2.75, 3.05) is 0 Å². The fraction of sp³-hybridized carbons (Fsp3) is 0.300. The van der Waals surface area contributed by atoms with Crippen LogP contribution in [0.3, 0.4) is 0 Å². The van der Waals surface area contributed by atoms with Gasteiger partial charge in [-0.3, -0.25) is 0 Å². The molecule has 1 N–H and O–H groups in total. The zero-order valence-corrected chi connectivity index (χ0v) is 14.2. The maximum atomic E-state index is 11.5. The van der Waals surface area contributed by atoms with Crippen molar-refractivity contribution < 1.29 is 9.90 Å². The number of carboxylic acids is 1. The highest BCUT2D eigenvalue weighted by atomic mass is 16.4. The Morgan fingerprint density at radius 3 is 2.73 bits per heavy atom. The van der Waals surface area contributed by atoms with E-state index in [1.165, 1.54) is 11.8 Å². The van der Waals surface area contributed by atoms with Gasteiger partial charge in [0.2, 0.25) is 0 Å². The Labute approximate surface area is 150 Å². The van der Waals surface area contributed by atoms with Crippen LogP contribution in [0, 0.1) is 0 Å². The van der Waals surface area contributed by atoms with Gasteiger partial charge in [0.1, 0.15) is 5.56 Å². The van der Waals surface area contributed by atoms with Crippen molar-refractivity contribution in [3.05, 3.63) is 59.0 Å². The first kappa shape index (κ1) is 15.3. The molecule has 6 nitrogen and oxygen atoms in total. The van der Waals surface area contributed by atoms with Crippen molar-refractivity contribution in [2.24, 2.45) is 0 Å². The molecule has 0 saturated heterocycles. The summed E-state index contributed by atoms with van der Waals surface area (Å²) in [6.45, 7) is 0. The van der Waals surface area contributed by atoms with Crippen LogP contribution in [-0.4, -0.2) is 30.8 Å². The lowest BCUT2D eigenvalue weighted by Crippen LogP contribution is -2.10. The highest BCUT2D eigenvalue weighted by Gasteiger charge is 2.33. The number of aryl methyl sites for hydroxylation is 2. The van der Waals surface area contributed by atoms with Crippen molar-refractivity contribution in [2.45, 2.75) is 38.0 Å². The number of hydrogen-bond donors (Lipinski definition) is 1. The van der Waals surface area contributed by atoms with Gasteiger partial charge in [-0.25, -0.2) is 19.4 Å². The summed E-state index contributed by atoms with van der Waals surface area (Å²) in [4.78, 5) is 20.9. The highest BCUT2D eigenvalue weighted by molar-refractivity contribution is 5.89. The van der Waals surface area contributed by atoms with Gasteiger partial charge in [0.05, 0.1) is 17.6 Å². The summed E-state index contributed by atoms with van der Waals surface area (Å²) in [5.74, 6) is -0.258. The van der Waals surface area contributed by atoms with E-state index in [0.29, 0.717) is 5.95 Å². The summed E-state index contributed by atoms with van der Waals surface area (Å²) >= 11 is 0. The van der Waals surface area contributed by atoms with E-state index in [2.05, 4.69) is 28.3 Å². The van der Waals surface area contributed by atoms with E-state index >= 15 is 0 Å². The first-order valence-electron chi connectivity index (χ1n) is 8.98. The first-order chi connectivity index (χ1) is 12.7. The Hall–Kier alpha value is -3.02. The Morgan fingerprint density at radius 2 is 1.92 bits per heavy atom. The topological polar surface area (TPSA) is 80.9 Å². The molecule has 2 aliphatic rings. The van der Waals surface area contributed by atoms with Crippen LogP contribution in [0.2, 0.25) is 0 Å². The van der Waals surface area contributed by atoms with Crippen LogP contribution in [0.25, 0.3) is 17.2 Å². The van der Waals surface area contributed by atoms with Gasteiger partial charge < -0.3 is 5.11 Å². The van der Waals surface area contributed by atoms with E-state index in [1.54, 1.807) is 4.68 Å². The van der Waals surface area contributed by atoms with Crippen LogP contribution in [0.1, 0.15) is 52.4 Å². The van der Waals surface area contributed by atoms with Gasteiger partial charge in [0.15, 0.2) is 0 Å². The minimum atomic E-state index is -0.946. The van der Waals surface area contributed by atoms with Crippen molar-refractivity contribution >= 4 is 5.97 Å². The zero-order valence-electron chi connectivity index (χ0n) is 14.2. The summed E-state index contributed by atoms with van der Waals surface area (Å²) in [5.41, 5.74) is 5.49. The Balaban J connectivity index is 1.68. The van der Waals surface area contributed by atoms with E-state index < -0.39 is 5.97 Å². The Bertz CT molecular complexity index is 1020. The van der Waals surface area contributed by atoms with E-state index in [1.807, 2.05) is 12.3 Å². The summed E-state index contributed by atoms with van der Waals surface area (Å²) < 4.78 is 1.62. The van der Waals surface area contributed by atoms with Gasteiger partial charge in [-0.1, -0.05) is 24.3 Å². The average molecular weight is 346 g/mol. The number of hydrogen-bond acceptors (Lipinski definition) is 4. The average Bonchev–Trinajstić information content (AvgIpc) is 3.42. The number of carboxylic acid groups (broad SMARTS) is 1. The fourth-order valence-electron chi connectivity index (χ4n) is 3.79. The van der Waals surface area contributed by atoms with Gasteiger partial charge in [-0.15, -0.1) is 0 Å². The lowest BCUT2D eigenvalue weighted by molar-refractivity contribution is 0.0695. The molecule has 1 aromatic carbocycles. The Kier molecular flexibility index (Phi) is 3.38. The number of nitrogens with zero attached hydrogens (tertiary/aromatic N) is 4. The number of benzene rings is 1. The quantitative estimate of drug-likeness (QED) is 0.786. The SMILES string of the molecule is O=C(O)c1cnn(-c2ncc3c(n2)-c2ccccc2CCC3)c1C1CC1. The number of carbonyl (C=O) groups is 1. The van der Waals surface area contributed by atoms with Crippen molar-refractivity contribution in [1.29, 1.82) is 0 Å². The smallest absolute Gasteiger partial charge is 0.339 e. The van der Waals surface area contributed by atoms with Gasteiger partial charge in [-0.05, 0) is 43.2 Å². The molecule has 0 aliphatic heterocycles. The van der Waals surface area contributed by atoms with Gasteiger partial charge in [0.25, 0.3) is 5.95 Å². The molecule has 0 radical (unpaired) electrons. The lowest BCUT2D eigenvalue weighted by Gasteiger charge is -2.11. The monoisotopic (exact) mass is 346 g/mol. The van der Waals surface area contributed by atoms with Crippen molar-refractivity contribution in [3.63, 3.8) is 0 Å².